The van der Waals surface area contributed by atoms with E-state index in [0.717, 1.165) is 0 Å². The third-order valence-corrected chi connectivity index (χ3v) is 3.84. The highest BCUT2D eigenvalue weighted by Gasteiger charge is 2.17. The summed E-state index contributed by atoms with van der Waals surface area (Å²) in [6.45, 7) is 4.80. The SMILES string of the molecule is COc1ccc(S(=O)(=O)NC(C)C)cc1NC(C)=O. The van der Waals surface area contributed by atoms with Gasteiger partial charge in [0, 0.05) is 13.0 Å². The fourth-order valence-electron chi connectivity index (χ4n) is 1.52. The van der Waals surface area contributed by atoms with E-state index in [4.69, 9.17) is 4.74 Å². The molecule has 0 aromatic heterocycles. The molecule has 2 N–H and O–H groups in total. The number of hydrogen-bond donors (Lipinski definition) is 2. The van der Waals surface area contributed by atoms with Gasteiger partial charge in [0.25, 0.3) is 0 Å². The van der Waals surface area contributed by atoms with E-state index in [0.29, 0.717) is 11.4 Å². The van der Waals surface area contributed by atoms with Crippen LogP contribution in [0.4, 0.5) is 5.69 Å². The van der Waals surface area contributed by atoms with Crippen LogP contribution < -0.4 is 14.8 Å². The Morgan fingerprint density at radius 2 is 1.95 bits per heavy atom. The van der Waals surface area contributed by atoms with E-state index in [2.05, 4.69) is 10.0 Å². The minimum Gasteiger partial charge on any atom is -0.495 e. The zero-order chi connectivity index (χ0) is 14.6. The topological polar surface area (TPSA) is 84.5 Å². The van der Waals surface area contributed by atoms with Crippen LogP contribution in [0.2, 0.25) is 0 Å². The van der Waals surface area contributed by atoms with Crippen LogP contribution >= 0.6 is 0 Å². The number of ether oxygens (including phenoxy) is 1. The molecule has 0 saturated carbocycles. The molecule has 0 atom stereocenters. The second-order valence-corrected chi connectivity index (χ2v) is 6.03. The third kappa shape index (κ3) is 4.22. The highest BCUT2D eigenvalue weighted by molar-refractivity contribution is 7.89. The average Bonchev–Trinajstić information content (AvgIpc) is 2.26. The lowest BCUT2D eigenvalue weighted by atomic mass is 10.3. The minimum atomic E-state index is -3.60. The van der Waals surface area contributed by atoms with Crippen molar-refractivity contribution in [3.63, 3.8) is 0 Å². The second-order valence-electron chi connectivity index (χ2n) is 4.32. The van der Waals surface area contributed by atoms with Gasteiger partial charge in [-0.2, -0.15) is 0 Å². The van der Waals surface area contributed by atoms with Crippen molar-refractivity contribution in [2.75, 3.05) is 12.4 Å². The number of amides is 1. The number of anilines is 1. The van der Waals surface area contributed by atoms with Gasteiger partial charge in [0.1, 0.15) is 5.75 Å². The summed E-state index contributed by atoms with van der Waals surface area (Å²) in [7, 11) is -2.15. The van der Waals surface area contributed by atoms with E-state index < -0.39 is 10.0 Å². The van der Waals surface area contributed by atoms with Crippen LogP contribution in [-0.4, -0.2) is 27.5 Å². The molecule has 1 aromatic carbocycles. The van der Waals surface area contributed by atoms with Crippen molar-refractivity contribution in [3.05, 3.63) is 18.2 Å². The van der Waals surface area contributed by atoms with E-state index in [1.54, 1.807) is 13.8 Å². The molecule has 0 bridgehead atoms. The molecule has 0 spiro atoms. The molecule has 7 heteroatoms. The van der Waals surface area contributed by atoms with E-state index in [1.807, 2.05) is 0 Å². The number of methoxy groups -OCH3 is 1. The molecule has 0 aliphatic carbocycles. The molecule has 0 aliphatic heterocycles. The highest BCUT2D eigenvalue weighted by atomic mass is 32.2. The lowest BCUT2D eigenvalue weighted by Gasteiger charge is -2.13. The summed E-state index contributed by atoms with van der Waals surface area (Å²) in [6.07, 6.45) is 0. The lowest BCUT2D eigenvalue weighted by molar-refractivity contribution is -0.114. The molecule has 1 amide bonds. The molecule has 0 heterocycles. The van der Waals surface area contributed by atoms with Crippen molar-refractivity contribution < 1.29 is 17.9 Å². The minimum absolute atomic E-state index is 0.0748. The Hall–Kier alpha value is -1.60. The predicted octanol–water partition coefficient (Wildman–Crippen LogP) is 1.34. The zero-order valence-corrected chi connectivity index (χ0v) is 12.2. The van der Waals surface area contributed by atoms with Gasteiger partial charge in [0.05, 0.1) is 17.7 Å². The maximum Gasteiger partial charge on any atom is 0.240 e. The van der Waals surface area contributed by atoms with Crippen LogP contribution in [0, 0.1) is 0 Å². The summed E-state index contributed by atoms with van der Waals surface area (Å²) < 4.78 is 31.6. The number of nitrogens with one attached hydrogen (secondary N) is 2. The molecule has 106 valence electrons. The van der Waals surface area contributed by atoms with Crippen LogP contribution in [0.15, 0.2) is 23.1 Å². The fraction of sp³-hybridized carbons (Fsp3) is 0.417. The van der Waals surface area contributed by atoms with Crippen molar-refractivity contribution in [1.82, 2.24) is 4.72 Å². The highest BCUT2D eigenvalue weighted by Crippen LogP contribution is 2.27. The maximum atomic E-state index is 12.0. The van der Waals surface area contributed by atoms with Crippen LogP contribution in [0.5, 0.6) is 5.75 Å². The number of sulfonamides is 1. The lowest BCUT2D eigenvalue weighted by Crippen LogP contribution is -2.30. The Kier molecular flexibility index (Phi) is 4.90. The van der Waals surface area contributed by atoms with E-state index in [9.17, 15) is 13.2 Å². The van der Waals surface area contributed by atoms with Gasteiger partial charge in [-0.25, -0.2) is 13.1 Å². The number of rotatable bonds is 5. The van der Waals surface area contributed by atoms with Gasteiger partial charge < -0.3 is 10.1 Å². The van der Waals surface area contributed by atoms with Gasteiger partial charge in [-0.1, -0.05) is 0 Å². The Bertz CT molecular complexity index is 567. The first-order chi connectivity index (χ1) is 8.76. The molecule has 0 saturated heterocycles. The van der Waals surface area contributed by atoms with Crippen molar-refractivity contribution in [2.45, 2.75) is 31.7 Å². The van der Waals surface area contributed by atoms with Crippen LogP contribution in [0.3, 0.4) is 0 Å². The number of carbonyl (C=O) groups excluding carboxylic acids is 1. The van der Waals surface area contributed by atoms with Crippen molar-refractivity contribution in [1.29, 1.82) is 0 Å². The molecule has 0 radical (unpaired) electrons. The molecular formula is C12H18N2O4S. The van der Waals surface area contributed by atoms with Gasteiger partial charge in [0.2, 0.25) is 15.9 Å². The van der Waals surface area contributed by atoms with Gasteiger partial charge in [0.15, 0.2) is 0 Å². The Balaban J connectivity index is 3.21. The monoisotopic (exact) mass is 286 g/mol. The quantitative estimate of drug-likeness (QED) is 0.855. The fourth-order valence-corrected chi connectivity index (χ4v) is 2.80. The van der Waals surface area contributed by atoms with Crippen molar-refractivity contribution in [2.24, 2.45) is 0 Å². The van der Waals surface area contributed by atoms with Gasteiger partial charge in [-0.3, -0.25) is 4.79 Å². The van der Waals surface area contributed by atoms with Crippen LogP contribution in [-0.2, 0) is 14.8 Å². The van der Waals surface area contributed by atoms with Gasteiger partial charge in [-0.05, 0) is 32.0 Å². The van der Waals surface area contributed by atoms with Gasteiger partial charge >= 0.3 is 0 Å². The first kappa shape index (κ1) is 15.5. The van der Waals surface area contributed by atoms with Crippen LogP contribution in [0.1, 0.15) is 20.8 Å². The standard InChI is InChI=1S/C12H18N2O4S/c1-8(2)14-19(16,17)10-5-6-12(18-4)11(7-10)13-9(3)15/h5-8,14H,1-4H3,(H,13,15). The maximum absolute atomic E-state index is 12.0. The molecule has 6 nitrogen and oxygen atoms in total. The smallest absolute Gasteiger partial charge is 0.240 e. The molecule has 1 rings (SSSR count). The molecule has 1 aromatic rings. The average molecular weight is 286 g/mol. The summed E-state index contributed by atoms with van der Waals surface area (Å²) >= 11 is 0. The second kappa shape index (κ2) is 6.03. The van der Waals surface area contributed by atoms with E-state index >= 15 is 0 Å². The summed E-state index contributed by atoms with van der Waals surface area (Å²) in [5.74, 6) is 0.100. The normalized spacial score (nSPS) is 11.4. The first-order valence-electron chi connectivity index (χ1n) is 5.74. The van der Waals surface area contributed by atoms with E-state index in [-0.39, 0.29) is 16.8 Å². The predicted molar refractivity (Wildman–Crippen MR) is 72.8 cm³/mol. The molecule has 0 unspecified atom stereocenters. The summed E-state index contributed by atoms with van der Waals surface area (Å²) in [4.78, 5) is 11.2. The van der Waals surface area contributed by atoms with Crippen molar-refractivity contribution in [3.8, 4) is 5.75 Å². The Labute approximate surface area is 113 Å². The summed E-state index contributed by atoms with van der Waals surface area (Å²) in [5, 5.41) is 2.53. The molecule has 19 heavy (non-hydrogen) atoms. The zero-order valence-electron chi connectivity index (χ0n) is 11.4. The first-order valence-corrected chi connectivity index (χ1v) is 7.22. The van der Waals surface area contributed by atoms with Gasteiger partial charge in [-0.15, -0.1) is 0 Å². The van der Waals surface area contributed by atoms with Crippen LogP contribution in [0.25, 0.3) is 0 Å². The third-order valence-electron chi connectivity index (χ3n) is 2.18. The number of hydrogen-bond acceptors (Lipinski definition) is 4. The summed E-state index contributed by atoms with van der Waals surface area (Å²) in [6, 6.07) is 4.08. The molecule has 0 fully saturated rings. The molecule has 0 aliphatic rings. The Morgan fingerprint density at radius 1 is 1.32 bits per heavy atom. The molecular weight excluding hydrogens is 268 g/mol. The van der Waals surface area contributed by atoms with Crippen molar-refractivity contribution >= 4 is 21.6 Å². The summed E-state index contributed by atoms with van der Waals surface area (Å²) in [5.41, 5.74) is 0.321. The number of carbonyl (C=O) groups is 1. The largest absolute Gasteiger partial charge is 0.495 e. The Morgan fingerprint density at radius 3 is 2.42 bits per heavy atom. The number of benzene rings is 1. The van der Waals surface area contributed by atoms with E-state index in [1.165, 1.54) is 32.2 Å².